The van der Waals surface area contributed by atoms with Crippen molar-refractivity contribution in [2.24, 2.45) is 10.9 Å². The predicted molar refractivity (Wildman–Crippen MR) is 184 cm³/mol. The molecule has 4 heterocycles. The number of Topliss-reactive ketones (excluding diaryl/α,β-unsaturated/α-hetero) is 1. The quantitative estimate of drug-likeness (QED) is 0.416. The van der Waals surface area contributed by atoms with Gasteiger partial charge in [-0.1, -0.05) is 18.1 Å². The Labute approximate surface area is 291 Å². The minimum atomic E-state index is -3.98. The van der Waals surface area contributed by atoms with Crippen LogP contribution in [-0.4, -0.2) is 75.9 Å². The van der Waals surface area contributed by atoms with E-state index in [2.05, 4.69) is 10.0 Å². The second-order valence-corrected chi connectivity index (χ2v) is 17.0. The highest BCUT2D eigenvalue weighted by Crippen LogP contribution is 2.47. The molecule has 0 bridgehead atoms. The lowest BCUT2D eigenvalue weighted by Crippen LogP contribution is -2.60. The number of aliphatic imine (C=N–C) groups is 1. The number of carbonyl (C=O) groups is 4. The van der Waals surface area contributed by atoms with Gasteiger partial charge >= 0.3 is 6.09 Å². The van der Waals surface area contributed by atoms with Crippen molar-refractivity contribution in [1.29, 1.82) is 0 Å². The number of ether oxygens (including phenoxy) is 1. The molecule has 5 aliphatic rings. The summed E-state index contributed by atoms with van der Waals surface area (Å²) in [4.78, 5) is 64.6. The lowest BCUT2D eigenvalue weighted by Gasteiger charge is -2.47. The first kappa shape index (κ1) is 34.1. The van der Waals surface area contributed by atoms with E-state index < -0.39 is 56.4 Å². The van der Waals surface area contributed by atoms with Crippen LogP contribution in [0.2, 0.25) is 0 Å². The van der Waals surface area contributed by atoms with Crippen molar-refractivity contribution < 1.29 is 37.4 Å². The molecular formula is C36H43N5O8S. The molecule has 1 spiro atoms. The number of pyridine rings is 1. The molecule has 50 heavy (non-hydrogen) atoms. The molecule has 1 saturated heterocycles. The summed E-state index contributed by atoms with van der Waals surface area (Å²) in [6.07, 6.45) is 4.67. The molecule has 2 aliphatic carbocycles. The standard InChI is InChI=1S/C36H43N5O8S/c1-20-8-9-26-24(16-20)23-10-12-36(49-32(23)21(2)38-26)13-11-30(42)27(39-34(45)46)7-5-4-6-22-17-28(22)37-19-29-25(18-31(43)41(29)36)33(44)40-50(47,48)35(3)14-15-35/h8-9,16,19,25,27,29,39H,4-7,10-15,17-18H2,1-3H3,(H,40,44)(H,45,46)/t25-,27-,29+,36+/m0/s1. The van der Waals surface area contributed by atoms with E-state index in [1.165, 1.54) is 4.90 Å². The summed E-state index contributed by atoms with van der Waals surface area (Å²) in [5.41, 5.74) is 3.91. The number of aryl methyl sites for hydroxylation is 3. The van der Waals surface area contributed by atoms with Crippen molar-refractivity contribution >= 4 is 50.8 Å². The number of sulfonamides is 1. The minimum absolute atomic E-state index is 0.0170. The Morgan fingerprint density at radius 2 is 1.82 bits per heavy atom. The van der Waals surface area contributed by atoms with Gasteiger partial charge in [-0.2, -0.15) is 0 Å². The van der Waals surface area contributed by atoms with Crippen molar-refractivity contribution in [3.63, 3.8) is 0 Å². The van der Waals surface area contributed by atoms with Crippen LogP contribution in [0.25, 0.3) is 10.9 Å². The second-order valence-electron chi connectivity index (χ2n) is 14.8. The number of nitrogens with one attached hydrogen (secondary N) is 2. The molecule has 1 aromatic heterocycles. The number of allylic oxidation sites excluding steroid dienone is 2. The van der Waals surface area contributed by atoms with E-state index in [9.17, 15) is 32.7 Å². The zero-order chi connectivity index (χ0) is 35.6. The number of benzene rings is 1. The molecule has 3 N–H and O–H groups in total. The third-order valence-electron chi connectivity index (χ3n) is 11.1. The van der Waals surface area contributed by atoms with Crippen LogP contribution in [0.3, 0.4) is 0 Å². The first-order valence-corrected chi connectivity index (χ1v) is 18.9. The monoisotopic (exact) mass is 705 g/mol. The molecule has 3 aliphatic heterocycles. The van der Waals surface area contributed by atoms with Crippen LogP contribution in [0, 0.1) is 19.8 Å². The molecule has 13 nitrogen and oxygen atoms in total. The van der Waals surface area contributed by atoms with Gasteiger partial charge in [-0.05, 0) is 77.0 Å². The van der Waals surface area contributed by atoms with Crippen LogP contribution in [0.1, 0.15) is 94.4 Å². The summed E-state index contributed by atoms with van der Waals surface area (Å²) in [6, 6.07) is 4.09. The van der Waals surface area contributed by atoms with Crippen molar-refractivity contribution in [3.8, 4) is 5.75 Å². The average molecular weight is 706 g/mol. The van der Waals surface area contributed by atoms with Gasteiger partial charge in [0, 0.05) is 55.0 Å². The van der Waals surface area contributed by atoms with Gasteiger partial charge in [0.1, 0.15) is 5.75 Å². The summed E-state index contributed by atoms with van der Waals surface area (Å²) < 4.78 is 34.5. The molecule has 2 aromatic rings. The third-order valence-corrected chi connectivity index (χ3v) is 13.3. The number of amides is 3. The minimum Gasteiger partial charge on any atom is -0.466 e. The molecule has 1 saturated carbocycles. The number of carbonyl (C=O) groups excluding carboxylic acids is 3. The Hall–Kier alpha value is -4.33. The highest BCUT2D eigenvalue weighted by molar-refractivity contribution is 7.91. The van der Waals surface area contributed by atoms with Crippen LogP contribution in [-0.2, 0) is 30.8 Å². The van der Waals surface area contributed by atoms with Gasteiger partial charge in [0.2, 0.25) is 21.8 Å². The Kier molecular flexibility index (Phi) is 8.51. The number of fused-ring (bicyclic) bond motifs is 5. The fourth-order valence-electron chi connectivity index (χ4n) is 7.76. The maximum atomic E-state index is 14.3. The number of aromatic nitrogens is 1. The Morgan fingerprint density at radius 1 is 1.06 bits per heavy atom. The van der Waals surface area contributed by atoms with Gasteiger partial charge in [0.25, 0.3) is 0 Å². The number of rotatable bonds is 4. The lowest BCUT2D eigenvalue weighted by molar-refractivity contribution is -0.157. The number of nitrogens with zero attached hydrogens (tertiary/aromatic N) is 3. The Bertz CT molecular complexity index is 1990. The maximum absolute atomic E-state index is 14.3. The van der Waals surface area contributed by atoms with Crippen LogP contribution in [0.5, 0.6) is 5.75 Å². The van der Waals surface area contributed by atoms with Crippen LogP contribution in [0.15, 0.2) is 34.5 Å². The van der Waals surface area contributed by atoms with Gasteiger partial charge in [0.05, 0.1) is 34.0 Å². The number of ketones is 1. The van der Waals surface area contributed by atoms with Gasteiger partial charge in [-0.15, -0.1) is 0 Å². The summed E-state index contributed by atoms with van der Waals surface area (Å²) in [5, 5.41) is 12.9. The summed E-state index contributed by atoms with van der Waals surface area (Å²) in [7, 11) is -3.98. The van der Waals surface area contributed by atoms with Gasteiger partial charge in [0.15, 0.2) is 11.5 Å². The zero-order valence-corrected chi connectivity index (χ0v) is 29.4. The molecule has 0 radical (unpaired) electrons. The molecule has 1 aromatic carbocycles. The van der Waals surface area contributed by atoms with Crippen molar-refractivity contribution in [3.05, 3.63) is 46.3 Å². The maximum Gasteiger partial charge on any atom is 0.405 e. The Morgan fingerprint density at radius 3 is 2.56 bits per heavy atom. The van der Waals surface area contributed by atoms with E-state index in [0.717, 1.165) is 46.1 Å². The molecule has 0 unspecified atom stereocenters. The highest BCUT2D eigenvalue weighted by Gasteiger charge is 2.57. The van der Waals surface area contributed by atoms with Crippen LogP contribution in [0.4, 0.5) is 4.79 Å². The molecule has 7 rings (SSSR count). The third kappa shape index (κ3) is 6.26. The topological polar surface area (TPSA) is 184 Å². The predicted octanol–water partition coefficient (Wildman–Crippen LogP) is 4.38. The van der Waals surface area contributed by atoms with Crippen LogP contribution < -0.4 is 14.8 Å². The molecule has 4 atom stereocenters. The first-order chi connectivity index (χ1) is 23.7. The fourth-order valence-corrected chi connectivity index (χ4v) is 9.06. The van der Waals surface area contributed by atoms with E-state index in [0.29, 0.717) is 50.0 Å². The molecule has 14 heteroatoms. The molecule has 266 valence electrons. The van der Waals surface area contributed by atoms with Crippen molar-refractivity contribution in [2.45, 2.75) is 120 Å². The Balaban J connectivity index is 1.32. The summed E-state index contributed by atoms with van der Waals surface area (Å²) in [6.45, 7) is 5.41. The fraction of sp³-hybridized carbons (Fsp3) is 0.556. The SMILES string of the molecule is Cc1ccc2nc(C)c3c(c2c1)CC[C@]1(CCC(=O)[C@@H](NC(=O)O)CCCCC2=C(C2)N=C[C@@H]2[C@@H](C(=O)NS(=O)(=O)C4(C)CC4)CC(=O)N21)O3. The van der Waals surface area contributed by atoms with Crippen LogP contribution >= 0.6 is 0 Å². The number of carboxylic acid groups (broad SMARTS) is 1. The van der Waals surface area contributed by atoms with E-state index in [1.807, 2.05) is 32.0 Å². The average Bonchev–Trinajstić information content (AvgIpc) is 3.97. The van der Waals surface area contributed by atoms with E-state index in [-0.39, 0.29) is 31.5 Å². The summed E-state index contributed by atoms with van der Waals surface area (Å²) in [5.74, 6) is -2.11. The van der Waals surface area contributed by atoms with E-state index in [4.69, 9.17) is 14.7 Å². The number of hydrogen-bond acceptors (Lipinski definition) is 9. The van der Waals surface area contributed by atoms with E-state index in [1.54, 1.807) is 13.1 Å². The molecule has 3 amide bonds. The van der Waals surface area contributed by atoms with Gasteiger partial charge < -0.3 is 15.2 Å². The van der Waals surface area contributed by atoms with Gasteiger partial charge in [-0.25, -0.2) is 18.2 Å². The molecule has 2 fully saturated rings. The zero-order valence-electron chi connectivity index (χ0n) is 28.6. The summed E-state index contributed by atoms with van der Waals surface area (Å²) >= 11 is 0. The number of hydrogen-bond donors (Lipinski definition) is 3. The molecular weight excluding hydrogens is 662 g/mol. The first-order valence-electron chi connectivity index (χ1n) is 17.4. The largest absolute Gasteiger partial charge is 0.466 e. The van der Waals surface area contributed by atoms with Gasteiger partial charge in [-0.3, -0.25) is 29.0 Å². The van der Waals surface area contributed by atoms with E-state index >= 15 is 0 Å². The highest BCUT2D eigenvalue weighted by atomic mass is 32.2. The lowest BCUT2D eigenvalue weighted by atomic mass is 9.87. The second kappa shape index (κ2) is 12.5. The normalized spacial score (nSPS) is 27.8. The van der Waals surface area contributed by atoms with Crippen molar-refractivity contribution in [1.82, 2.24) is 19.9 Å². The van der Waals surface area contributed by atoms with Crippen molar-refractivity contribution in [2.75, 3.05) is 0 Å². The smallest absolute Gasteiger partial charge is 0.405 e.